The Bertz CT molecular complexity index is 6720. The molecule has 5 fully saturated rings. The largest absolute Gasteiger partial charge is 0.490 e. The van der Waals surface area contributed by atoms with Gasteiger partial charge in [-0.15, -0.1) is 11.6 Å². The number of H-pyrrole nitrogens is 5. The summed E-state index contributed by atoms with van der Waals surface area (Å²) in [6, 6.07) is 0. The first-order chi connectivity index (χ1) is 71.2. The summed E-state index contributed by atoms with van der Waals surface area (Å²) in [5, 5.41) is 48.7. The van der Waals surface area contributed by atoms with Gasteiger partial charge < -0.3 is 152 Å². The van der Waals surface area contributed by atoms with Gasteiger partial charge in [0.25, 0.3) is 16.7 Å². The predicted octanol–water partition coefficient (Wildman–Crippen LogP) is -0.330. The molecule has 860 valence electrons. The monoisotopic (exact) mass is 2590 g/mol. The van der Waals surface area contributed by atoms with Crippen LogP contribution in [0, 0.1) is 53.4 Å². The van der Waals surface area contributed by atoms with Crippen LogP contribution in [0.25, 0.3) is 0 Å². The first-order valence-corrected chi connectivity index (χ1v) is 61.6. The van der Waals surface area contributed by atoms with Crippen molar-refractivity contribution >= 4 is 178 Å². The Morgan fingerprint density at radius 3 is 0.733 bits per heavy atom. The lowest BCUT2D eigenvalue weighted by Gasteiger charge is -2.19. The molecule has 30 atom stereocenters. The van der Waals surface area contributed by atoms with Crippen molar-refractivity contribution in [1.82, 2.24) is 47.8 Å². The molecular weight excluding hydrogens is 2500 g/mol. The normalized spacial score (nSPS) is 30.2. The quantitative estimate of drug-likeness (QED) is 0.0103. The molecule has 0 saturated carbocycles. The van der Waals surface area contributed by atoms with Gasteiger partial charge >= 0.3 is 134 Å². The molecule has 15 unspecified atom stereocenters. The van der Waals surface area contributed by atoms with Crippen LogP contribution in [0.5, 0.6) is 0 Å². The molecule has 100 heteroatoms. The van der Waals surface area contributed by atoms with E-state index in [-0.39, 0.29) is 41.1 Å². The van der Waals surface area contributed by atoms with Crippen LogP contribution in [0.15, 0.2) is 59.8 Å². The highest BCUT2D eigenvalue weighted by atomic mass is 35.5. The number of ether oxygens (including phenoxy) is 5. The maximum atomic E-state index is 14.7. The molecule has 76 nitrogen and oxygen atoms in total. The second-order valence-electron chi connectivity index (χ2n) is 28.3. The molecule has 0 aromatic carbocycles. The fourth-order valence-corrected chi connectivity index (χ4v) is 26.3. The number of hydrogen-bond donors (Lipinski definition) is 30. The molecule has 5 aliphatic rings. The molecule has 10 rings (SSSR count). The van der Waals surface area contributed by atoms with E-state index >= 15 is 0 Å². The highest BCUT2D eigenvalue weighted by Gasteiger charge is 2.55. The molecule has 5 aliphatic heterocycles. The SMILES string of the molecule is [2H]C([2H])(OP(=O)(O)OP(=O)(O)OP(=O)(O)O)[C@@H]1O[C@H](n2cc(C)c(=O)[nH]c2=O)[C@H](Cl)C1O.[2H]C([2H])(OP(=O)(O)OP(=O)(O)OP(=O)(O)O)[C@@H]1O[C@H](n2cc(C)c(=O)[nH]c2=O)[C@H](F)C1O.[2H]C([2H])(OP(=O)(O)OP(=O)(O)OP(=O)(O)O)[C@@H]1O[C@H](n2cc(C)c(=O)[nH]c2=S)[C@H](F)C1O.[2H]C([2H])(OP(=O)(O)OP(=O)(O)OP(=O)(O)O)[C@@H]1O[C@H](n2cc(C)c(=S)[nH]c2=O)[C@H](F)C1O.[2H]C([2H])(OP(=O)(O)OP(=O)(O)OP(=O)(O)O)[C@@H]1O[C@H](n2cc(C)c(=S)[nH]c2=S)[C@H](F)C1O. The molecule has 10 heterocycles. The third-order valence-electron chi connectivity index (χ3n) is 16.6. The molecule has 0 aliphatic carbocycles. The van der Waals surface area contributed by atoms with Gasteiger partial charge in [-0.05, 0) is 59.1 Å². The van der Waals surface area contributed by atoms with E-state index in [0.29, 0.717) is 19.3 Å². The Balaban J connectivity index is 0.000000304. The maximum absolute atomic E-state index is 14.7. The number of phosphoric acid groups is 15. The fraction of sp³-hybridized carbons (Fsp3) is 0.600. The Kier molecular flexibility index (Phi) is 41.5. The Morgan fingerprint density at radius 1 is 0.293 bits per heavy atom. The average molecular weight is 2590 g/mol. The summed E-state index contributed by atoms with van der Waals surface area (Å²) in [4.78, 5) is 259. The minimum absolute atomic E-state index is 0.0137. The van der Waals surface area contributed by atoms with Crippen molar-refractivity contribution in [3.63, 3.8) is 0 Å². The van der Waals surface area contributed by atoms with E-state index in [4.69, 9.17) is 171 Å². The van der Waals surface area contributed by atoms with Crippen LogP contribution in [0.4, 0.5) is 17.6 Å². The molecule has 0 amide bonds. The zero-order chi connectivity index (χ0) is 124. The van der Waals surface area contributed by atoms with Crippen molar-refractivity contribution in [2.75, 3.05) is 32.8 Å². The number of aliphatic hydroxyl groups excluding tert-OH is 5. The zero-order valence-corrected chi connectivity index (χ0v) is 89.8. The fourth-order valence-electron chi connectivity index (χ4n) is 10.7. The van der Waals surface area contributed by atoms with Gasteiger partial charge in [-0.1, -0.05) is 24.4 Å². The molecule has 5 saturated heterocycles. The summed E-state index contributed by atoms with van der Waals surface area (Å²) in [5.74, 6) is 0. The lowest BCUT2D eigenvalue weighted by atomic mass is 10.1. The molecule has 0 radical (unpaired) electrons. The lowest BCUT2D eigenvalue weighted by molar-refractivity contribution is -0.0483. The number of aryl methyl sites for hydroxylation is 5. The van der Waals surface area contributed by atoms with Gasteiger partial charge in [-0.2, -0.15) is 43.1 Å². The summed E-state index contributed by atoms with van der Waals surface area (Å²) >= 11 is 25.6. The zero-order valence-electron chi connectivity index (χ0n) is 82.3. The maximum Gasteiger partial charge on any atom is 0.490 e. The van der Waals surface area contributed by atoms with Crippen LogP contribution < -0.4 is 33.7 Å². The third kappa shape index (κ3) is 42.0. The van der Waals surface area contributed by atoms with Gasteiger partial charge in [0.15, 0.2) is 65.4 Å². The molecule has 30 N–H and O–H groups in total. The molecule has 0 bridgehead atoms. The van der Waals surface area contributed by atoms with Crippen LogP contribution in [0.1, 0.15) is 72.7 Å². The summed E-state index contributed by atoms with van der Waals surface area (Å²) in [5.41, 5.74) is -4.73. The number of nitrogens with one attached hydrogen (secondary N) is 5. The Morgan fingerprint density at radius 2 is 0.480 bits per heavy atom. The summed E-state index contributed by atoms with van der Waals surface area (Å²) < 4.78 is 388. The summed E-state index contributed by atoms with van der Waals surface area (Å²) in [7, 11) is -88.1. The minimum atomic E-state index is -6.02. The van der Waals surface area contributed by atoms with Crippen LogP contribution in [-0.2, 0) is 158 Å². The van der Waals surface area contributed by atoms with Crippen LogP contribution in [0.3, 0.4) is 0 Å². The van der Waals surface area contributed by atoms with Gasteiger partial charge in [-0.25, -0.2) is 100 Å². The number of hydrogen-bond acceptors (Lipinski definition) is 50. The van der Waals surface area contributed by atoms with Crippen molar-refractivity contribution in [3.8, 4) is 0 Å². The van der Waals surface area contributed by atoms with E-state index in [2.05, 4.69) is 80.7 Å². The molecule has 5 aromatic rings. The molecule has 150 heavy (non-hydrogen) atoms. The first-order valence-electron chi connectivity index (χ1n) is 41.9. The van der Waals surface area contributed by atoms with E-state index < -0.39 is 306 Å². The second-order valence-corrected chi connectivity index (χ2v) is 52.1. The molecule has 5 aromatic heterocycles. The van der Waals surface area contributed by atoms with E-state index in [9.17, 15) is 165 Å². The minimum Gasteiger partial charge on any atom is -0.389 e. The second kappa shape index (κ2) is 52.2. The number of rotatable bonds is 40. The van der Waals surface area contributed by atoms with Gasteiger partial charge in [0.05, 0.1) is 46.5 Å². The lowest BCUT2D eigenvalue weighted by Crippen LogP contribution is -2.36. The van der Waals surface area contributed by atoms with E-state index in [1.165, 1.54) is 40.8 Å². The number of aromatic amines is 5. The van der Waals surface area contributed by atoms with E-state index in [1.54, 1.807) is 0 Å². The number of phosphoric ester groups is 5. The standard InChI is InChI=1S/C10H16ClN2O14P3.C10H16FN2O14P3.2C10H16FN2O13P3S.C10H16FN2O12P3S2/c2*1-4-2-13(10(16)12-8(4)15)9-6(11)7(14)5(25-9)3-24-29(20,21)27-30(22,23)26-28(17,18)19;1-4-2-13(10(15)12-8(4)30)9-6(11)7(14)5(24-9)3-23-28(19,20)26-29(21,22)25-27(16,17)18;1-4-2-13(10(30)12-8(4)15)9-6(11)7(14)5(24-9)3-23-28(19,20)26-29(21,22)25-27(16,17)18;1-4-2-13(10(30)12-8(4)29)9-6(11)7(14)5(23-9)3-22-27(18,19)25-28(20,21)24-26(15,16)17/h2*2,5-7,9,14H,3H2,1H3,(H,20,21)(H,22,23)(H,12,15,16)(H2,17,18,19);2*2,5-7,9,14H,3H2,1H3,(H,19,20)(H,21,22)(H,12,15,30)(H2,16,17,18);2,5-7,9,14H,3H2,1H3,(H,18,19)(H,20,21)(H,12,29,30)(H2,15,16,17)/t5*5-,6+,7?,9-/m00000/s1/i5*3D2. The number of aromatic nitrogens is 10. The van der Waals surface area contributed by atoms with E-state index in [1.807, 2.05) is 9.97 Å². The number of halogens is 5. The first kappa shape index (κ1) is 119. The highest BCUT2D eigenvalue weighted by molar-refractivity contribution is 7.72. The molecular formula is C50H80ClF4N10O66P15S4. The van der Waals surface area contributed by atoms with Crippen molar-refractivity contribution in [2.45, 2.75) is 157 Å². The Hall–Kier alpha value is -3.26. The topological polar surface area (TPSA) is 1150 Å². The number of alkyl halides is 5. The number of aliphatic hydroxyl groups is 5. The van der Waals surface area contributed by atoms with Crippen molar-refractivity contribution in [1.29, 1.82) is 0 Å². The van der Waals surface area contributed by atoms with Crippen molar-refractivity contribution in [3.05, 3.63) is 140 Å². The highest BCUT2D eigenvalue weighted by Crippen LogP contribution is 2.71. The van der Waals surface area contributed by atoms with Gasteiger partial charge in [0.1, 0.15) is 75.7 Å². The number of nitrogens with zero attached hydrogens (tertiary/aromatic N) is 5. The Labute approximate surface area is 864 Å². The van der Waals surface area contributed by atoms with Crippen molar-refractivity contribution in [2.24, 2.45) is 0 Å². The van der Waals surface area contributed by atoms with Crippen LogP contribution >= 0.6 is 178 Å². The van der Waals surface area contributed by atoms with Gasteiger partial charge in [0.2, 0.25) is 0 Å². The predicted molar refractivity (Wildman–Crippen MR) is 476 cm³/mol. The summed E-state index contributed by atoms with van der Waals surface area (Å²) in [6.45, 7) is -11.1. The smallest absolute Gasteiger partial charge is 0.389 e. The van der Waals surface area contributed by atoms with Gasteiger partial charge in [0, 0.05) is 58.8 Å². The van der Waals surface area contributed by atoms with Crippen molar-refractivity contribution < 1.29 is 313 Å². The average Bonchev–Trinajstić information content (AvgIpc) is 1.63. The van der Waals surface area contributed by atoms with Gasteiger partial charge in [-0.3, -0.25) is 79.8 Å². The van der Waals surface area contributed by atoms with E-state index in [0.717, 1.165) is 33.9 Å². The van der Waals surface area contributed by atoms with Crippen LogP contribution in [0.2, 0.25) is 0 Å². The third-order valence-corrected chi connectivity index (χ3v) is 36.8. The summed E-state index contributed by atoms with van der Waals surface area (Å²) in [6.07, 6.45) is -37.0. The van der Waals surface area contributed by atoms with Crippen LogP contribution in [-0.4, -0.2) is 295 Å². The molecule has 0 spiro atoms.